The fraction of sp³-hybridized carbons (Fsp3) is 0.429. The minimum absolute atomic E-state index is 0.0838. The lowest BCUT2D eigenvalue weighted by Crippen LogP contribution is -2.63. The number of aliphatic hydroxyl groups is 1. The van der Waals surface area contributed by atoms with E-state index in [-0.39, 0.29) is 6.61 Å². The third-order valence-electron chi connectivity index (χ3n) is 5.36. The third-order valence-corrected chi connectivity index (χ3v) is 5.36. The van der Waals surface area contributed by atoms with Crippen LogP contribution in [0.4, 0.5) is 11.4 Å². The van der Waals surface area contributed by atoms with Gasteiger partial charge in [-0.3, -0.25) is 0 Å². The van der Waals surface area contributed by atoms with Crippen LogP contribution >= 0.6 is 0 Å². The first kappa shape index (κ1) is 18.7. The van der Waals surface area contributed by atoms with E-state index in [9.17, 15) is 10.2 Å². The molecule has 1 saturated carbocycles. The molecule has 1 aliphatic rings. The molecule has 0 bridgehead atoms. The predicted molar refractivity (Wildman–Crippen MR) is 101 cm³/mol. The third kappa shape index (κ3) is 3.43. The molecular formula is C21H26N2O3-2. The molecule has 3 rings (SSSR count). The highest BCUT2D eigenvalue weighted by molar-refractivity contribution is 5.50. The fourth-order valence-corrected chi connectivity index (χ4v) is 3.66. The number of hydrogen-bond acceptors (Lipinski definition) is 5. The van der Waals surface area contributed by atoms with Gasteiger partial charge in [0.1, 0.15) is 0 Å². The SMILES string of the molecule is CN(C)c1ccc(C2C([O-])C(c3ccc(N(C)CCO)cc3)C2[O-])cc1. The molecule has 0 aromatic heterocycles. The highest BCUT2D eigenvalue weighted by atomic mass is 16.3. The minimum Gasteiger partial charge on any atom is -0.851 e. The van der Waals surface area contributed by atoms with Crippen molar-refractivity contribution in [3.05, 3.63) is 59.7 Å². The molecule has 2 aromatic rings. The lowest BCUT2D eigenvalue weighted by atomic mass is 9.63. The Kier molecular flexibility index (Phi) is 5.51. The van der Waals surface area contributed by atoms with Gasteiger partial charge in [0.25, 0.3) is 0 Å². The van der Waals surface area contributed by atoms with Crippen molar-refractivity contribution in [1.29, 1.82) is 0 Å². The maximum atomic E-state index is 12.7. The second-order valence-corrected chi connectivity index (χ2v) is 7.20. The van der Waals surface area contributed by atoms with E-state index in [0.717, 1.165) is 22.5 Å². The molecule has 1 aliphatic carbocycles. The summed E-state index contributed by atoms with van der Waals surface area (Å²) in [5, 5.41) is 34.5. The number of nitrogens with zero attached hydrogens (tertiary/aromatic N) is 2. The smallest absolute Gasteiger partial charge is 0.0606 e. The van der Waals surface area contributed by atoms with Gasteiger partial charge in [-0.15, -0.1) is 12.2 Å². The van der Waals surface area contributed by atoms with Crippen LogP contribution in [-0.2, 0) is 0 Å². The van der Waals surface area contributed by atoms with Crippen LogP contribution in [0, 0.1) is 0 Å². The second-order valence-electron chi connectivity index (χ2n) is 7.20. The Balaban J connectivity index is 1.72. The first-order valence-corrected chi connectivity index (χ1v) is 8.95. The molecule has 140 valence electrons. The average molecular weight is 354 g/mol. The van der Waals surface area contributed by atoms with Gasteiger partial charge in [-0.25, -0.2) is 0 Å². The van der Waals surface area contributed by atoms with Crippen LogP contribution in [0.3, 0.4) is 0 Å². The van der Waals surface area contributed by atoms with E-state index in [2.05, 4.69) is 0 Å². The van der Waals surface area contributed by atoms with Gasteiger partial charge in [0, 0.05) is 39.1 Å². The van der Waals surface area contributed by atoms with Crippen molar-refractivity contribution in [2.45, 2.75) is 24.0 Å². The summed E-state index contributed by atoms with van der Waals surface area (Å²) in [5.41, 5.74) is 3.67. The summed E-state index contributed by atoms with van der Waals surface area (Å²) in [6, 6.07) is 15.3. The molecule has 26 heavy (non-hydrogen) atoms. The molecule has 0 spiro atoms. The number of hydrogen-bond donors (Lipinski definition) is 1. The van der Waals surface area contributed by atoms with Gasteiger partial charge in [0.15, 0.2) is 0 Å². The van der Waals surface area contributed by atoms with Crippen LogP contribution < -0.4 is 20.0 Å². The van der Waals surface area contributed by atoms with E-state index in [0.29, 0.717) is 6.54 Å². The van der Waals surface area contributed by atoms with E-state index >= 15 is 0 Å². The number of anilines is 2. The average Bonchev–Trinajstić information content (AvgIpc) is 2.63. The topological polar surface area (TPSA) is 72.8 Å². The number of likely N-dealkylation sites (N-methyl/N-ethyl adjacent to an activating group) is 1. The van der Waals surface area contributed by atoms with Crippen LogP contribution in [-0.4, -0.2) is 51.6 Å². The summed E-state index contributed by atoms with van der Waals surface area (Å²) in [7, 11) is 5.82. The predicted octanol–water partition coefficient (Wildman–Crippen LogP) is 0.520. The zero-order chi connectivity index (χ0) is 18.8. The van der Waals surface area contributed by atoms with Crippen LogP contribution in [0.1, 0.15) is 23.0 Å². The Morgan fingerprint density at radius 2 is 1.19 bits per heavy atom. The van der Waals surface area contributed by atoms with Gasteiger partial charge >= 0.3 is 0 Å². The molecule has 1 N–H and O–H groups in total. The fourth-order valence-electron chi connectivity index (χ4n) is 3.66. The molecule has 2 atom stereocenters. The van der Waals surface area contributed by atoms with Crippen molar-refractivity contribution >= 4 is 11.4 Å². The Labute approximate surface area is 155 Å². The van der Waals surface area contributed by atoms with Crippen molar-refractivity contribution in [3.63, 3.8) is 0 Å². The van der Waals surface area contributed by atoms with Gasteiger partial charge in [0.2, 0.25) is 0 Å². The van der Waals surface area contributed by atoms with Gasteiger partial charge in [-0.05, 0) is 47.2 Å². The first-order chi connectivity index (χ1) is 12.4. The van der Waals surface area contributed by atoms with Crippen molar-refractivity contribution in [2.75, 3.05) is 44.1 Å². The monoisotopic (exact) mass is 354 g/mol. The standard InChI is InChI=1S/C21H26N2O3/c1-22(2)16-8-4-14(5-9-16)18-20(25)19(21(18)26)15-6-10-17(11-7-15)23(3)12-13-24/h4-11,18-21,24H,12-13H2,1-3H3/q-2. The summed E-state index contributed by atoms with van der Waals surface area (Å²) < 4.78 is 0. The summed E-state index contributed by atoms with van der Waals surface area (Å²) in [6.07, 6.45) is -1.83. The molecule has 1 fully saturated rings. The quantitative estimate of drug-likeness (QED) is 0.819. The molecule has 5 nitrogen and oxygen atoms in total. The van der Waals surface area contributed by atoms with Gasteiger partial charge in [-0.2, -0.15) is 0 Å². The second kappa shape index (κ2) is 7.66. The van der Waals surface area contributed by atoms with Crippen molar-refractivity contribution in [1.82, 2.24) is 0 Å². The molecule has 0 saturated heterocycles. The van der Waals surface area contributed by atoms with Gasteiger partial charge in [-0.1, -0.05) is 24.3 Å². The van der Waals surface area contributed by atoms with E-state index in [1.165, 1.54) is 0 Å². The van der Waals surface area contributed by atoms with Crippen molar-refractivity contribution < 1.29 is 15.3 Å². The molecule has 2 unspecified atom stereocenters. The minimum atomic E-state index is -0.913. The zero-order valence-corrected chi connectivity index (χ0v) is 15.5. The van der Waals surface area contributed by atoms with Crippen LogP contribution in [0.5, 0.6) is 0 Å². The molecule has 0 amide bonds. The Bertz CT molecular complexity index is 705. The summed E-state index contributed by atoms with van der Waals surface area (Å²) in [5.74, 6) is -0.973. The van der Waals surface area contributed by atoms with Crippen molar-refractivity contribution in [3.8, 4) is 0 Å². The van der Waals surface area contributed by atoms with Crippen molar-refractivity contribution in [2.24, 2.45) is 0 Å². The maximum absolute atomic E-state index is 12.7. The van der Waals surface area contributed by atoms with E-state index < -0.39 is 24.0 Å². The number of benzene rings is 2. The Morgan fingerprint density at radius 1 is 0.769 bits per heavy atom. The lowest BCUT2D eigenvalue weighted by Gasteiger charge is -2.61. The number of aliphatic hydroxyl groups excluding tert-OH is 1. The largest absolute Gasteiger partial charge is 0.851 e. The number of rotatable bonds is 6. The van der Waals surface area contributed by atoms with Gasteiger partial charge < -0.3 is 25.1 Å². The maximum Gasteiger partial charge on any atom is 0.0606 e. The lowest BCUT2D eigenvalue weighted by molar-refractivity contribution is -0.536. The molecule has 5 heteroatoms. The highest BCUT2D eigenvalue weighted by Crippen LogP contribution is 2.45. The molecule has 0 heterocycles. The molecular weight excluding hydrogens is 328 g/mol. The molecule has 0 radical (unpaired) electrons. The molecule has 0 aliphatic heterocycles. The highest BCUT2D eigenvalue weighted by Gasteiger charge is 2.38. The Morgan fingerprint density at radius 3 is 1.58 bits per heavy atom. The zero-order valence-electron chi connectivity index (χ0n) is 15.5. The van der Waals surface area contributed by atoms with Crippen LogP contribution in [0.2, 0.25) is 0 Å². The summed E-state index contributed by atoms with van der Waals surface area (Å²) in [4.78, 5) is 3.93. The molecule has 2 aromatic carbocycles. The van der Waals surface area contributed by atoms with E-state index in [4.69, 9.17) is 5.11 Å². The van der Waals surface area contributed by atoms with Crippen LogP contribution in [0.25, 0.3) is 0 Å². The normalized spacial score (nSPS) is 24.8. The van der Waals surface area contributed by atoms with Crippen LogP contribution in [0.15, 0.2) is 48.5 Å². The Hall–Kier alpha value is -2.08. The van der Waals surface area contributed by atoms with E-state index in [1.54, 1.807) is 0 Å². The van der Waals surface area contributed by atoms with Gasteiger partial charge in [0.05, 0.1) is 6.61 Å². The van der Waals surface area contributed by atoms with E-state index in [1.807, 2.05) is 79.5 Å². The first-order valence-electron chi connectivity index (χ1n) is 8.95. The summed E-state index contributed by atoms with van der Waals surface area (Å²) in [6.45, 7) is 0.628. The summed E-state index contributed by atoms with van der Waals surface area (Å²) >= 11 is 0.